The number of nitrogen functional groups attached to an aromatic ring is 2. The van der Waals surface area contributed by atoms with E-state index in [1.807, 2.05) is 0 Å². The van der Waals surface area contributed by atoms with Crippen molar-refractivity contribution >= 4 is 35.0 Å². The van der Waals surface area contributed by atoms with Crippen LogP contribution in [0.4, 0.5) is 24.5 Å². The summed E-state index contributed by atoms with van der Waals surface area (Å²) in [6.45, 7) is 1.71. The zero-order valence-corrected chi connectivity index (χ0v) is 21.9. The summed E-state index contributed by atoms with van der Waals surface area (Å²) in [5, 5.41) is 0. The fourth-order valence-electron chi connectivity index (χ4n) is 3.63. The zero-order chi connectivity index (χ0) is 29.3. The molecule has 0 radical (unpaired) electrons. The molecule has 0 atom stereocenters. The Morgan fingerprint density at radius 1 is 0.900 bits per heavy atom. The summed E-state index contributed by atoms with van der Waals surface area (Å²) in [5.74, 6) is -0.621. The number of hydrogen-bond donors (Lipinski definition) is 2. The van der Waals surface area contributed by atoms with Crippen molar-refractivity contribution in [3.63, 3.8) is 0 Å². The lowest BCUT2D eigenvalue weighted by atomic mass is 10.0. The number of methoxy groups -OCH3 is 1. The van der Waals surface area contributed by atoms with Gasteiger partial charge in [0.2, 0.25) is 0 Å². The predicted octanol–water partition coefficient (Wildman–Crippen LogP) is 5.90. The molecule has 0 saturated heterocycles. The molecule has 0 aliphatic carbocycles. The Hall–Kier alpha value is -4.67. The first-order chi connectivity index (χ1) is 19.0. The van der Waals surface area contributed by atoms with Crippen LogP contribution < -0.4 is 25.7 Å². The van der Waals surface area contributed by atoms with Crippen LogP contribution in [0.1, 0.15) is 41.3 Å². The van der Waals surface area contributed by atoms with Gasteiger partial charge in [0, 0.05) is 17.8 Å². The van der Waals surface area contributed by atoms with Crippen LogP contribution in [0, 0.1) is 0 Å². The highest BCUT2D eigenvalue weighted by Gasteiger charge is 2.26. The molecule has 0 spiro atoms. The van der Waals surface area contributed by atoms with E-state index in [0.717, 1.165) is 0 Å². The molecule has 11 heteroatoms. The van der Waals surface area contributed by atoms with Crippen LogP contribution in [0.15, 0.2) is 60.7 Å². The van der Waals surface area contributed by atoms with Crippen LogP contribution in [0.3, 0.4) is 0 Å². The molecule has 0 saturated carbocycles. The van der Waals surface area contributed by atoms with Gasteiger partial charge in [-0.25, -0.2) is 9.59 Å². The predicted molar refractivity (Wildman–Crippen MR) is 145 cm³/mol. The second-order valence-corrected chi connectivity index (χ2v) is 8.56. The molecule has 3 aromatic carbocycles. The van der Waals surface area contributed by atoms with Crippen LogP contribution in [-0.4, -0.2) is 38.4 Å². The van der Waals surface area contributed by atoms with Crippen LogP contribution in [0.2, 0.25) is 0 Å². The molecule has 0 amide bonds. The third-order valence-electron chi connectivity index (χ3n) is 5.45. The molecule has 0 aliphatic rings. The number of anilines is 2. The minimum atomic E-state index is -4.26. The summed E-state index contributed by atoms with van der Waals surface area (Å²) < 4.78 is 58.2. The SMILES string of the molecule is CCOC(=O)C(=Cc1ccc(OC(=O)c2ccc(OCCCC(F)(F)F)c(OC)c2)cc1)c1cc(N)cc(N)c1. The van der Waals surface area contributed by atoms with E-state index in [9.17, 15) is 22.8 Å². The Kier molecular flexibility index (Phi) is 10.0. The summed E-state index contributed by atoms with van der Waals surface area (Å²) in [4.78, 5) is 25.3. The topological polar surface area (TPSA) is 123 Å². The van der Waals surface area contributed by atoms with Gasteiger partial charge in [0.1, 0.15) is 5.75 Å². The van der Waals surface area contributed by atoms with Crippen molar-refractivity contribution in [1.82, 2.24) is 0 Å². The van der Waals surface area contributed by atoms with Gasteiger partial charge in [-0.2, -0.15) is 13.2 Å². The lowest BCUT2D eigenvalue weighted by Gasteiger charge is -2.13. The van der Waals surface area contributed by atoms with E-state index in [2.05, 4.69) is 0 Å². The number of carbonyl (C=O) groups excluding carboxylic acids is 2. The van der Waals surface area contributed by atoms with Gasteiger partial charge in [-0.05, 0) is 79.1 Å². The Balaban J connectivity index is 1.72. The summed E-state index contributed by atoms with van der Waals surface area (Å²) in [6, 6.07) is 15.4. The lowest BCUT2D eigenvalue weighted by Crippen LogP contribution is -2.11. The highest BCUT2D eigenvalue weighted by atomic mass is 19.4. The number of ether oxygens (including phenoxy) is 4. The number of carbonyl (C=O) groups is 2. The summed E-state index contributed by atoms with van der Waals surface area (Å²) >= 11 is 0. The van der Waals surface area contributed by atoms with Gasteiger partial charge in [0.05, 0.1) is 31.5 Å². The maximum Gasteiger partial charge on any atom is 0.389 e. The Morgan fingerprint density at radius 3 is 2.17 bits per heavy atom. The van der Waals surface area contributed by atoms with Crippen molar-refractivity contribution < 1.29 is 41.7 Å². The monoisotopic (exact) mass is 558 g/mol. The van der Waals surface area contributed by atoms with Crippen molar-refractivity contribution in [2.24, 2.45) is 0 Å². The molecule has 212 valence electrons. The maximum absolute atomic E-state index is 12.7. The normalized spacial score (nSPS) is 11.6. The number of benzene rings is 3. The largest absolute Gasteiger partial charge is 0.493 e. The smallest absolute Gasteiger partial charge is 0.389 e. The minimum absolute atomic E-state index is 0.146. The number of alkyl halides is 3. The number of hydrogen-bond acceptors (Lipinski definition) is 8. The average molecular weight is 559 g/mol. The molecule has 3 aromatic rings. The molecule has 8 nitrogen and oxygen atoms in total. The van der Waals surface area contributed by atoms with Crippen molar-refractivity contribution in [2.45, 2.75) is 25.9 Å². The maximum atomic E-state index is 12.7. The van der Waals surface area contributed by atoms with Crippen LogP contribution >= 0.6 is 0 Å². The summed E-state index contributed by atoms with van der Waals surface area (Å²) in [6.07, 6.45) is -3.83. The molecular formula is C29H29F3N2O6. The fourth-order valence-corrected chi connectivity index (χ4v) is 3.63. The molecule has 4 N–H and O–H groups in total. The molecule has 0 unspecified atom stereocenters. The lowest BCUT2D eigenvalue weighted by molar-refractivity contribution is -0.137. The first kappa shape index (κ1) is 29.9. The van der Waals surface area contributed by atoms with E-state index in [0.29, 0.717) is 22.5 Å². The third kappa shape index (κ3) is 8.69. The highest BCUT2D eigenvalue weighted by Crippen LogP contribution is 2.30. The van der Waals surface area contributed by atoms with E-state index in [4.69, 9.17) is 30.4 Å². The molecule has 40 heavy (non-hydrogen) atoms. The number of rotatable bonds is 11. The molecular weight excluding hydrogens is 529 g/mol. The van der Waals surface area contributed by atoms with Gasteiger partial charge >= 0.3 is 18.1 Å². The summed E-state index contributed by atoms with van der Waals surface area (Å²) in [5.41, 5.74) is 14.1. The van der Waals surface area contributed by atoms with E-state index in [1.54, 1.807) is 55.5 Å². The van der Waals surface area contributed by atoms with Gasteiger partial charge in [0.15, 0.2) is 11.5 Å². The molecule has 0 aliphatic heterocycles. The van der Waals surface area contributed by atoms with Crippen molar-refractivity contribution in [2.75, 3.05) is 31.8 Å². The van der Waals surface area contributed by atoms with E-state index in [1.165, 1.54) is 25.3 Å². The van der Waals surface area contributed by atoms with Gasteiger partial charge in [-0.3, -0.25) is 0 Å². The van der Waals surface area contributed by atoms with Crippen LogP contribution in [0.5, 0.6) is 17.2 Å². The standard InChI is InChI=1S/C29H29F3N2O6/c1-3-38-28(36)24(20-14-21(33)17-22(34)15-20)13-18-5-8-23(9-6-18)40-27(35)19-7-10-25(26(16-19)37-2)39-12-4-11-29(30,31)32/h5-10,13-17H,3-4,11-12,33-34H2,1-2H3. The Labute approximate surface area is 229 Å². The van der Waals surface area contributed by atoms with Gasteiger partial charge in [-0.15, -0.1) is 0 Å². The van der Waals surface area contributed by atoms with Crippen molar-refractivity contribution in [3.8, 4) is 17.2 Å². The van der Waals surface area contributed by atoms with Gasteiger partial charge in [-0.1, -0.05) is 12.1 Å². The van der Waals surface area contributed by atoms with Crippen LogP contribution in [0.25, 0.3) is 11.6 Å². The van der Waals surface area contributed by atoms with E-state index in [-0.39, 0.29) is 48.0 Å². The van der Waals surface area contributed by atoms with E-state index < -0.39 is 24.5 Å². The minimum Gasteiger partial charge on any atom is -0.493 e. The molecule has 0 bridgehead atoms. The molecule has 0 heterocycles. The number of halogens is 3. The average Bonchev–Trinajstić information content (AvgIpc) is 2.89. The fraction of sp³-hybridized carbons (Fsp3) is 0.241. The molecule has 0 aromatic heterocycles. The first-order valence-corrected chi connectivity index (χ1v) is 12.2. The first-order valence-electron chi connectivity index (χ1n) is 12.2. The summed E-state index contributed by atoms with van der Waals surface area (Å²) in [7, 11) is 1.35. The molecule has 0 fully saturated rings. The quantitative estimate of drug-likeness (QED) is 0.0744. The Morgan fingerprint density at radius 2 is 1.57 bits per heavy atom. The van der Waals surface area contributed by atoms with Crippen molar-refractivity contribution in [3.05, 3.63) is 77.4 Å². The highest BCUT2D eigenvalue weighted by molar-refractivity contribution is 6.22. The zero-order valence-electron chi connectivity index (χ0n) is 21.9. The Bertz CT molecular complexity index is 1350. The second-order valence-electron chi connectivity index (χ2n) is 8.56. The third-order valence-corrected chi connectivity index (χ3v) is 5.45. The van der Waals surface area contributed by atoms with Gasteiger partial charge < -0.3 is 30.4 Å². The second kappa shape index (κ2) is 13.4. The van der Waals surface area contributed by atoms with Gasteiger partial charge in [0.25, 0.3) is 0 Å². The molecule has 3 rings (SSSR count). The van der Waals surface area contributed by atoms with Crippen molar-refractivity contribution in [1.29, 1.82) is 0 Å². The number of esters is 2. The van der Waals surface area contributed by atoms with Crippen LogP contribution in [-0.2, 0) is 9.53 Å². The number of nitrogens with two attached hydrogens (primary N) is 2. The van der Waals surface area contributed by atoms with E-state index >= 15 is 0 Å².